The van der Waals surface area contributed by atoms with Crippen LogP contribution >= 0.6 is 23.5 Å². The molecule has 0 saturated heterocycles. The van der Waals surface area contributed by atoms with E-state index in [-0.39, 0.29) is 39.6 Å². The first-order valence-electron chi connectivity index (χ1n) is 25.4. The van der Waals surface area contributed by atoms with Crippen molar-refractivity contribution in [1.29, 1.82) is 0 Å². The molecule has 0 aliphatic carbocycles. The number of hydrogen-bond donors (Lipinski definition) is 2. The molecule has 0 aromatic carbocycles. The monoisotopic (exact) mass is 1130 g/mol. The van der Waals surface area contributed by atoms with E-state index in [0.29, 0.717) is 87.0 Å². The summed E-state index contributed by atoms with van der Waals surface area (Å²) in [6.45, 7) is 13.9. The van der Waals surface area contributed by atoms with Crippen LogP contribution in [0.1, 0.15) is 94.9 Å². The summed E-state index contributed by atoms with van der Waals surface area (Å²) in [7, 11) is 0. The van der Waals surface area contributed by atoms with Crippen molar-refractivity contribution >= 4 is 72.0 Å². The van der Waals surface area contributed by atoms with E-state index in [1.807, 2.05) is 27.7 Å². The number of ether oxygens (including phenoxy) is 14. The van der Waals surface area contributed by atoms with Gasteiger partial charge in [-0.15, -0.1) is 0 Å². The van der Waals surface area contributed by atoms with Crippen molar-refractivity contribution in [1.82, 2.24) is 0 Å². The molecule has 26 heteroatoms. The summed E-state index contributed by atoms with van der Waals surface area (Å²) in [6.07, 6.45) is -2.20. The third-order valence-corrected chi connectivity index (χ3v) is 12.6. The van der Waals surface area contributed by atoms with Crippen molar-refractivity contribution in [2.75, 3.05) is 142 Å². The lowest BCUT2D eigenvalue weighted by atomic mass is 9.93. The lowest BCUT2D eigenvalue weighted by Crippen LogP contribution is -2.41. The molecular weight excluding hydrogens is 1050 g/mol. The molecule has 442 valence electrons. The smallest absolute Gasteiger partial charge is 0.465 e. The highest BCUT2D eigenvalue weighted by Gasteiger charge is 2.42. The molecule has 0 aliphatic heterocycles. The molecule has 0 radical (unpaired) electrons. The van der Waals surface area contributed by atoms with E-state index >= 15 is 0 Å². The van der Waals surface area contributed by atoms with Gasteiger partial charge in [-0.2, -0.15) is 23.5 Å². The Kier molecular flexibility index (Phi) is 38.3. The van der Waals surface area contributed by atoms with Crippen LogP contribution in [0.4, 0.5) is 19.2 Å². The fourth-order valence-electron chi connectivity index (χ4n) is 5.26. The van der Waals surface area contributed by atoms with E-state index in [1.165, 1.54) is 27.7 Å². The Hall–Kier alpha value is -4.50. The maximum Gasteiger partial charge on any atom is 0.508 e. The average Bonchev–Trinajstić information content (AvgIpc) is 3.38. The zero-order chi connectivity index (χ0) is 57.5. The lowest BCUT2D eigenvalue weighted by molar-refractivity contribution is -0.163. The number of rotatable bonds is 43. The number of esters is 4. The van der Waals surface area contributed by atoms with Crippen molar-refractivity contribution in [2.45, 2.75) is 94.9 Å². The third-order valence-electron chi connectivity index (χ3n) is 10.6. The average molecular weight is 1140 g/mol. The maximum absolute atomic E-state index is 12.8. The van der Waals surface area contributed by atoms with Crippen LogP contribution in [0.15, 0.2) is 0 Å². The highest BCUT2D eigenvalue weighted by molar-refractivity contribution is 7.99. The van der Waals surface area contributed by atoms with E-state index in [1.54, 1.807) is 37.4 Å². The molecule has 0 bridgehead atoms. The summed E-state index contributed by atoms with van der Waals surface area (Å²) in [6, 6.07) is 0. The molecule has 0 fully saturated rings. The summed E-state index contributed by atoms with van der Waals surface area (Å²) < 4.78 is 72.4. The summed E-state index contributed by atoms with van der Waals surface area (Å²) in [4.78, 5) is 99.7. The van der Waals surface area contributed by atoms with Crippen LogP contribution in [-0.4, -0.2) is 201 Å². The Morgan fingerprint density at radius 1 is 0.368 bits per heavy atom. The number of hydrogen-bond acceptors (Lipinski definition) is 26. The van der Waals surface area contributed by atoms with Gasteiger partial charge in [0.2, 0.25) is 0 Å². The molecular formula is C50H86O24S2. The molecule has 0 saturated carbocycles. The topological polar surface area (TPSA) is 306 Å². The molecule has 0 rings (SSSR count). The van der Waals surface area contributed by atoms with Crippen LogP contribution < -0.4 is 0 Å². The van der Waals surface area contributed by atoms with E-state index in [4.69, 9.17) is 66.3 Å². The SMILES string of the molecule is CCOC(=O)C(C)(COC(=O)OCCC(C)C)COC(=O)OCC(C)(CO)C(=O)OCCCSCCOCCOCCSCCCOC(=O)C(C)(CO)COC(=O)OCC(C)(COC(=O)OCCC(C)C)C(=O)OCC. The fourth-order valence-corrected chi connectivity index (χ4v) is 6.79. The largest absolute Gasteiger partial charge is 0.508 e. The summed E-state index contributed by atoms with van der Waals surface area (Å²) in [5, 5.41) is 19.9. The Labute approximate surface area is 455 Å². The summed E-state index contributed by atoms with van der Waals surface area (Å²) in [5.74, 6) is 0.133. The van der Waals surface area contributed by atoms with E-state index < -0.39 is 123 Å². The Morgan fingerprint density at radius 2 is 0.658 bits per heavy atom. The fraction of sp³-hybridized carbons (Fsp3) is 0.840. The highest BCUT2D eigenvalue weighted by atomic mass is 32.2. The lowest BCUT2D eigenvalue weighted by Gasteiger charge is -2.27. The number of thioether (sulfide) groups is 2. The molecule has 0 aromatic rings. The molecule has 0 spiro atoms. The van der Waals surface area contributed by atoms with E-state index in [9.17, 15) is 48.6 Å². The molecule has 0 aliphatic rings. The van der Waals surface area contributed by atoms with Gasteiger partial charge in [-0.3, -0.25) is 19.2 Å². The first-order valence-corrected chi connectivity index (χ1v) is 27.7. The Morgan fingerprint density at radius 3 is 0.947 bits per heavy atom. The van der Waals surface area contributed by atoms with Crippen LogP contribution in [0.25, 0.3) is 0 Å². The second kappa shape index (κ2) is 40.7. The second-order valence-corrected chi connectivity index (χ2v) is 21.7. The Balaban J connectivity index is 4.29. The predicted molar refractivity (Wildman–Crippen MR) is 275 cm³/mol. The van der Waals surface area contributed by atoms with Gasteiger partial charge in [0.15, 0.2) is 0 Å². The standard InChI is InChI=1S/C50H86O24S2/c1-11-63-41(55)49(9,33-71-43(57)67-19-15-37(3)4)35-73-45(59)69-31-47(7,29-51)39(53)65-17-13-25-75-27-23-61-21-22-62-24-28-76-26-14-18-66-40(54)48(8,30-52)32-70-46(60)74-36-50(10,42(56)64-12-2)34-72-44(58)68-20-16-38(5)6/h37-38,51-52H,11-36H2,1-10H3. The van der Waals surface area contributed by atoms with Crippen molar-refractivity contribution in [3.8, 4) is 0 Å². The molecule has 4 unspecified atom stereocenters. The molecule has 24 nitrogen and oxygen atoms in total. The first-order chi connectivity index (χ1) is 36.0. The highest BCUT2D eigenvalue weighted by Crippen LogP contribution is 2.25. The van der Waals surface area contributed by atoms with Gasteiger partial charge in [0, 0.05) is 11.5 Å². The number of carbonyl (C=O) groups excluding carboxylic acids is 8. The van der Waals surface area contributed by atoms with Gasteiger partial charge in [-0.1, -0.05) is 27.7 Å². The van der Waals surface area contributed by atoms with Crippen LogP contribution in [0.5, 0.6) is 0 Å². The zero-order valence-corrected chi connectivity index (χ0v) is 47.9. The number of aliphatic hydroxyl groups is 2. The van der Waals surface area contributed by atoms with Crippen molar-refractivity contribution < 1.29 is 115 Å². The first kappa shape index (κ1) is 71.5. The van der Waals surface area contributed by atoms with Gasteiger partial charge in [0.1, 0.15) is 61.3 Å². The minimum absolute atomic E-state index is 0.0201. The minimum atomic E-state index is -1.59. The number of aliphatic hydroxyl groups excluding tert-OH is 2. The predicted octanol–water partition coefficient (Wildman–Crippen LogP) is 6.19. The van der Waals surface area contributed by atoms with Crippen LogP contribution in [-0.2, 0) is 85.5 Å². The molecule has 0 amide bonds. The number of carbonyl (C=O) groups is 8. The van der Waals surface area contributed by atoms with E-state index in [0.717, 1.165) is 0 Å². The third kappa shape index (κ3) is 32.3. The van der Waals surface area contributed by atoms with Gasteiger partial charge in [-0.25, -0.2) is 19.2 Å². The van der Waals surface area contributed by atoms with Crippen LogP contribution in [0.2, 0.25) is 0 Å². The molecule has 0 aromatic heterocycles. The molecule has 76 heavy (non-hydrogen) atoms. The summed E-state index contributed by atoms with van der Waals surface area (Å²) >= 11 is 3.18. The van der Waals surface area contributed by atoms with Crippen LogP contribution in [0, 0.1) is 33.5 Å². The van der Waals surface area contributed by atoms with Gasteiger partial charge in [0.05, 0.1) is 79.3 Å². The Bertz CT molecular complexity index is 1580. The second-order valence-electron chi connectivity index (χ2n) is 19.2. The van der Waals surface area contributed by atoms with Crippen molar-refractivity contribution in [2.24, 2.45) is 33.5 Å². The molecule has 4 atom stereocenters. The van der Waals surface area contributed by atoms with Crippen LogP contribution in [0.3, 0.4) is 0 Å². The van der Waals surface area contributed by atoms with Crippen molar-refractivity contribution in [3.63, 3.8) is 0 Å². The maximum atomic E-state index is 12.8. The zero-order valence-electron chi connectivity index (χ0n) is 46.2. The van der Waals surface area contributed by atoms with Gasteiger partial charge < -0.3 is 76.5 Å². The van der Waals surface area contributed by atoms with Crippen molar-refractivity contribution in [3.05, 3.63) is 0 Å². The quantitative estimate of drug-likeness (QED) is 0.0390. The van der Waals surface area contributed by atoms with Gasteiger partial charge in [-0.05, 0) is 90.6 Å². The minimum Gasteiger partial charge on any atom is -0.465 e. The van der Waals surface area contributed by atoms with E-state index in [2.05, 4.69) is 0 Å². The molecule has 0 heterocycles. The van der Waals surface area contributed by atoms with Gasteiger partial charge >= 0.3 is 48.5 Å². The van der Waals surface area contributed by atoms with Gasteiger partial charge in [0.25, 0.3) is 0 Å². The normalized spacial score (nSPS) is 14.3. The summed E-state index contributed by atoms with van der Waals surface area (Å²) in [5.41, 5.74) is -6.36. The molecule has 2 N–H and O–H groups in total.